The average molecular weight is 367 g/mol. The monoisotopic (exact) mass is 366 g/mol. The van der Waals surface area contributed by atoms with Crippen molar-refractivity contribution in [3.8, 4) is 0 Å². The highest BCUT2D eigenvalue weighted by Gasteiger charge is 2.59. The first-order chi connectivity index (χ1) is 12.8. The first-order valence-electron chi connectivity index (χ1n) is 10.5. The van der Waals surface area contributed by atoms with Gasteiger partial charge in [-0.25, -0.2) is 0 Å². The molecule has 4 fully saturated rings. The molecule has 1 aromatic carbocycles. The lowest BCUT2D eigenvalue weighted by Gasteiger charge is -2.45. The number of likely N-dealkylation sites (tertiary alicyclic amines) is 1. The van der Waals surface area contributed by atoms with E-state index in [0.29, 0.717) is 30.1 Å². The largest absolute Gasteiger partial charge is 0.351 e. The van der Waals surface area contributed by atoms with Gasteiger partial charge in [0.2, 0.25) is 11.8 Å². The lowest BCUT2D eigenvalue weighted by molar-refractivity contribution is -0.141. The number of hydrogen-bond donors (Lipinski definition) is 1. The van der Waals surface area contributed by atoms with Crippen LogP contribution in [0.3, 0.4) is 0 Å². The molecule has 2 heterocycles. The highest BCUT2D eigenvalue weighted by atomic mass is 16.2. The highest BCUT2D eigenvalue weighted by molar-refractivity contribution is 5.84. The minimum absolute atomic E-state index is 0.0457. The van der Waals surface area contributed by atoms with E-state index in [1.54, 1.807) is 0 Å². The minimum atomic E-state index is -0.0457. The molecule has 4 nitrogen and oxygen atoms in total. The SMILES string of the molecule is CC(C)(C)c1cccc([C@H]2[C@@H]3CN(C(=O)[C@H]4C[C@]5(CCC(=O)N5)C4)C[C@@H]32)c1. The Hall–Kier alpha value is -1.84. The zero-order valence-corrected chi connectivity index (χ0v) is 16.6. The second kappa shape index (κ2) is 5.59. The first-order valence-corrected chi connectivity index (χ1v) is 10.5. The van der Waals surface area contributed by atoms with Gasteiger partial charge in [-0.05, 0) is 53.6 Å². The van der Waals surface area contributed by atoms with Gasteiger partial charge in [0.25, 0.3) is 0 Å². The number of nitrogens with zero attached hydrogens (tertiary/aromatic N) is 1. The minimum Gasteiger partial charge on any atom is -0.351 e. The van der Waals surface area contributed by atoms with Crippen LogP contribution in [0, 0.1) is 17.8 Å². The van der Waals surface area contributed by atoms with Gasteiger partial charge in [-0.1, -0.05) is 45.0 Å². The third-order valence-electron chi connectivity index (χ3n) is 7.50. The van der Waals surface area contributed by atoms with Crippen LogP contribution in [0.5, 0.6) is 0 Å². The van der Waals surface area contributed by atoms with Crippen LogP contribution in [-0.4, -0.2) is 35.3 Å². The Morgan fingerprint density at radius 2 is 1.89 bits per heavy atom. The molecular weight excluding hydrogens is 336 g/mol. The molecule has 2 saturated carbocycles. The second-order valence-electron chi connectivity index (χ2n) is 10.4. The van der Waals surface area contributed by atoms with Crippen molar-refractivity contribution in [1.82, 2.24) is 10.2 Å². The van der Waals surface area contributed by atoms with Gasteiger partial charge in [0.05, 0.1) is 0 Å². The quantitative estimate of drug-likeness (QED) is 0.874. The van der Waals surface area contributed by atoms with Crippen LogP contribution < -0.4 is 5.32 Å². The van der Waals surface area contributed by atoms with Crippen molar-refractivity contribution in [2.75, 3.05) is 13.1 Å². The number of piperidine rings is 1. The van der Waals surface area contributed by atoms with E-state index in [1.165, 1.54) is 11.1 Å². The molecule has 3 atom stereocenters. The summed E-state index contributed by atoms with van der Waals surface area (Å²) in [6, 6.07) is 9.07. The van der Waals surface area contributed by atoms with E-state index in [-0.39, 0.29) is 22.8 Å². The Morgan fingerprint density at radius 1 is 1.19 bits per heavy atom. The predicted molar refractivity (Wildman–Crippen MR) is 104 cm³/mol. The normalized spacial score (nSPS) is 37.1. The van der Waals surface area contributed by atoms with E-state index in [9.17, 15) is 9.59 Å². The number of rotatable bonds is 2. The Kier molecular flexibility index (Phi) is 3.57. The predicted octanol–water partition coefficient (Wildman–Crippen LogP) is 3.21. The molecule has 2 aliphatic heterocycles. The number of benzene rings is 1. The maximum Gasteiger partial charge on any atom is 0.225 e. The molecule has 2 amide bonds. The van der Waals surface area contributed by atoms with Gasteiger partial charge in [0.1, 0.15) is 0 Å². The van der Waals surface area contributed by atoms with E-state index >= 15 is 0 Å². The molecule has 0 radical (unpaired) electrons. The van der Waals surface area contributed by atoms with Gasteiger partial charge < -0.3 is 10.2 Å². The van der Waals surface area contributed by atoms with Gasteiger partial charge in [0.15, 0.2) is 0 Å². The molecule has 144 valence electrons. The molecule has 4 aliphatic rings. The zero-order valence-electron chi connectivity index (χ0n) is 16.6. The summed E-state index contributed by atoms with van der Waals surface area (Å²) >= 11 is 0. The van der Waals surface area contributed by atoms with Crippen LogP contribution in [0.2, 0.25) is 0 Å². The summed E-state index contributed by atoms with van der Waals surface area (Å²) < 4.78 is 0. The van der Waals surface area contributed by atoms with Crippen LogP contribution in [0.25, 0.3) is 0 Å². The number of amides is 2. The van der Waals surface area contributed by atoms with Crippen LogP contribution in [0.4, 0.5) is 0 Å². The average Bonchev–Trinajstić information content (AvgIpc) is 2.93. The number of nitrogens with one attached hydrogen (secondary N) is 1. The summed E-state index contributed by atoms with van der Waals surface area (Å²) in [5.41, 5.74) is 2.99. The number of hydrogen-bond acceptors (Lipinski definition) is 2. The molecule has 5 rings (SSSR count). The molecule has 2 aliphatic carbocycles. The van der Waals surface area contributed by atoms with E-state index < -0.39 is 0 Å². The standard InChI is InChI=1S/C23H30N2O2/c1-22(2,3)16-6-4-5-14(9-16)20-17-12-25(13-18(17)20)21(27)15-10-23(11-15)8-7-19(26)24-23/h4-6,9,15,17-18,20H,7-8,10-13H2,1-3H3,(H,24,26)/t15-,17-,18+,20+,23+. The second-order valence-corrected chi connectivity index (χ2v) is 10.4. The number of carbonyl (C=O) groups excluding carboxylic acids is 2. The summed E-state index contributed by atoms with van der Waals surface area (Å²) in [7, 11) is 0. The van der Waals surface area contributed by atoms with Crippen LogP contribution in [0.1, 0.15) is 63.5 Å². The van der Waals surface area contributed by atoms with E-state index in [1.807, 2.05) is 0 Å². The van der Waals surface area contributed by atoms with Crippen molar-refractivity contribution in [1.29, 1.82) is 0 Å². The number of carbonyl (C=O) groups is 2. The van der Waals surface area contributed by atoms with Crippen molar-refractivity contribution in [2.45, 2.75) is 63.3 Å². The lowest BCUT2D eigenvalue weighted by atomic mass is 9.67. The molecule has 1 spiro atoms. The van der Waals surface area contributed by atoms with Crippen LogP contribution in [-0.2, 0) is 15.0 Å². The Morgan fingerprint density at radius 3 is 2.48 bits per heavy atom. The molecule has 4 heteroatoms. The molecule has 27 heavy (non-hydrogen) atoms. The Balaban J connectivity index is 1.18. The Bertz CT molecular complexity index is 791. The van der Waals surface area contributed by atoms with Crippen LogP contribution in [0.15, 0.2) is 24.3 Å². The summed E-state index contributed by atoms with van der Waals surface area (Å²) in [5.74, 6) is 2.54. The third kappa shape index (κ3) is 2.79. The van der Waals surface area contributed by atoms with E-state index in [4.69, 9.17) is 0 Å². The molecule has 1 aromatic rings. The Labute approximate surface area is 161 Å². The number of fused-ring (bicyclic) bond motifs is 1. The van der Waals surface area contributed by atoms with E-state index in [2.05, 4.69) is 55.3 Å². The van der Waals surface area contributed by atoms with Gasteiger partial charge in [-0.15, -0.1) is 0 Å². The van der Waals surface area contributed by atoms with Crippen molar-refractivity contribution < 1.29 is 9.59 Å². The third-order valence-corrected chi connectivity index (χ3v) is 7.50. The first kappa shape index (κ1) is 17.3. The molecule has 1 N–H and O–H groups in total. The summed E-state index contributed by atoms with van der Waals surface area (Å²) in [6.07, 6.45) is 3.23. The van der Waals surface area contributed by atoms with Gasteiger partial charge in [0, 0.05) is 31.0 Å². The molecule has 2 saturated heterocycles. The van der Waals surface area contributed by atoms with Gasteiger partial charge >= 0.3 is 0 Å². The maximum absolute atomic E-state index is 12.9. The summed E-state index contributed by atoms with van der Waals surface area (Å²) in [5, 5.41) is 3.10. The fourth-order valence-electron chi connectivity index (χ4n) is 5.81. The zero-order chi connectivity index (χ0) is 19.0. The topological polar surface area (TPSA) is 49.4 Å². The maximum atomic E-state index is 12.9. The van der Waals surface area contributed by atoms with Crippen molar-refractivity contribution in [2.24, 2.45) is 17.8 Å². The van der Waals surface area contributed by atoms with Gasteiger partial charge in [-0.2, -0.15) is 0 Å². The highest BCUT2D eigenvalue weighted by Crippen LogP contribution is 2.59. The molecule has 0 aromatic heterocycles. The van der Waals surface area contributed by atoms with Crippen molar-refractivity contribution >= 4 is 11.8 Å². The smallest absolute Gasteiger partial charge is 0.225 e. The molecular formula is C23H30N2O2. The fraction of sp³-hybridized carbons (Fsp3) is 0.652. The lowest BCUT2D eigenvalue weighted by Crippen LogP contribution is -2.56. The molecule has 0 bridgehead atoms. The van der Waals surface area contributed by atoms with E-state index in [0.717, 1.165) is 32.4 Å². The fourth-order valence-corrected chi connectivity index (χ4v) is 5.81. The molecule has 0 unspecified atom stereocenters. The summed E-state index contributed by atoms with van der Waals surface area (Å²) in [4.78, 5) is 26.4. The summed E-state index contributed by atoms with van der Waals surface area (Å²) in [6.45, 7) is 8.63. The van der Waals surface area contributed by atoms with Crippen molar-refractivity contribution in [3.63, 3.8) is 0 Å². The van der Waals surface area contributed by atoms with Gasteiger partial charge in [-0.3, -0.25) is 9.59 Å². The van der Waals surface area contributed by atoms with Crippen LogP contribution >= 0.6 is 0 Å². The van der Waals surface area contributed by atoms with Crippen molar-refractivity contribution in [3.05, 3.63) is 35.4 Å².